The highest BCUT2D eigenvalue weighted by atomic mass is 16.3. The number of hydrogen-bond donors (Lipinski definition) is 3. The number of anilines is 1. The first kappa shape index (κ1) is 19.2. The predicted molar refractivity (Wildman–Crippen MR) is 116 cm³/mol. The molecule has 4 heteroatoms. The first-order valence-electron chi connectivity index (χ1n) is 10.6. The lowest BCUT2D eigenvalue weighted by molar-refractivity contribution is 0.196. The fourth-order valence-electron chi connectivity index (χ4n) is 4.31. The van der Waals surface area contributed by atoms with Gasteiger partial charge < -0.3 is 15.7 Å². The SMILES string of the molecule is OC(CNc1cccc(CNC2CCCC2)c1)CC1=NCCc2ccccc21. The lowest BCUT2D eigenvalue weighted by Gasteiger charge is -2.20. The van der Waals surface area contributed by atoms with Crippen LogP contribution in [0.25, 0.3) is 0 Å². The van der Waals surface area contributed by atoms with Crippen molar-refractivity contribution < 1.29 is 5.11 Å². The molecule has 4 nitrogen and oxygen atoms in total. The van der Waals surface area contributed by atoms with E-state index in [1.165, 1.54) is 42.4 Å². The summed E-state index contributed by atoms with van der Waals surface area (Å²) in [5.74, 6) is 0. The van der Waals surface area contributed by atoms with E-state index >= 15 is 0 Å². The second kappa shape index (κ2) is 9.35. The van der Waals surface area contributed by atoms with E-state index in [4.69, 9.17) is 0 Å². The zero-order valence-electron chi connectivity index (χ0n) is 16.5. The van der Waals surface area contributed by atoms with Crippen molar-refractivity contribution in [3.05, 3.63) is 65.2 Å². The Morgan fingerprint density at radius 2 is 1.93 bits per heavy atom. The van der Waals surface area contributed by atoms with Crippen LogP contribution in [0, 0.1) is 0 Å². The zero-order valence-corrected chi connectivity index (χ0v) is 16.5. The van der Waals surface area contributed by atoms with E-state index in [2.05, 4.69) is 64.2 Å². The van der Waals surface area contributed by atoms with Gasteiger partial charge in [-0.05, 0) is 48.1 Å². The Labute approximate surface area is 168 Å². The molecule has 1 atom stereocenters. The molecule has 1 unspecified atom stereocenters. The van der Waals surface area contributed by atoms with Crippen molar-refractivity contribution in [2.75, 3.05) is 18.4 Å². The normalized spacial score (nSPS) is 17.8. The number of aliphatic imine (C=N–C) groups is 1. The molecule has 2 aromatic carbocycles. The molecular formula is C24H31N3O. The topological polar surface area (TPSA) is 56.6 Å². The number of nitrogens with one attached hydrogen (secondary N) is 2. The molecule has 0 amide bonds. The molecule has 0 spiro atoms. The van der Waals surface area contributed by atoms with Crippen LogP contribution in [0.4, 0.5) is 5.69 Å². The number of aliphatic hydroxyl groups excluding tert-OH is 1. The van der Waals surface area contributed by atoms with E-state index < -0.39 is 6.10 Å². The first-order chi connectivity index (χ1) is 13.8. The van der Waals surface area contributed by atoms with Crippen LogP contribution in [-0.2, 0) is 13.0 Å². The Morgan fingerprint density at radius 1 is 1.07 bits per heavy atom. The molecule has 28 heavy (non-hydrogen) atoms. The standard InChI is InChI=1S/C24H31N3O/c28-22(15-24-23-11-4-1-7-19(23)12-13-25-24)17-27-21-10-5-6-18(14-21)16-26-20-8-2-3-9-20/h1,4-7,10-11,14,20,22,26-28H,2-3,8-9,12-13,15-17H2. The third kappa shape index (κ3) is 5.00. The van der Waals surface area contributed by atoms with Crippen LogP contribution in [0.5, 0.6) is 0 Å². The minimum atomic E-state index is -0.454. The van der Waals surface area contributed by atoms with Gasteiger partial charge in [-0.2, -0.15) is 0 Å². The molecule has 1 aliphatic carbocycles. The minimum Gasteiger partial charge on any atom is -0.391 e. The van der Waals surface area contributed by atoms with E-state index in [1.807, 2.05) is 0 Å². The van der Waals surface area contributed by atoms with Crippen LogP contribution >= 0.6 is 0 Å². The molecule has 0 radical (unpaired) electrons. The molecule has 1 saturated carbocycles. The maximum absolute atomic E-state index is 10.5. The highest BCUT2D eigenvalue weighted by Crippen LogP contribution is 2.20. The lowest BCUT2D eigenvalue weighted by atomic mass is 9.94. The van der Waals surface area contributed by atoms with Crippen LogP contribution in [0.2, 0.25) is 0 Å². The molecule has 0 saturated heterocycles. The average molecular weight is 378 g/mol. The van der Waals surface area contributed by atoms with Crippen molar-refractivity contribution in [2.24, 2.45) is 4.99 Å². The Hall–Kier alpha value is -2.17. The summed E-state index contributed by atoms with van der Waals surface area (Å²) in [6, 6.07) is 17.6. The molecular weight excluding hydrogens is 346 g/mol. The number of hydrogen-bond acceptors (Lipinski definition) is 4. The van der Waals surface area contributed by atoms with Crippen LogP contribution in [-0.4, -0.2) is 36.1 Å². The van der Waals surface area contributed by atoms with Crippen LogP contribution in [0.15, 0.2) is 53.5 Å². The van der Waals surface area contributed by atoms with E-state index in [-0.39, 0.29) is 0 Å². The summed E-state index contributed by atoms with van der Waals surface area (Å²) in [5.41, 5.74) is 5.93. The van der Waals surface area contributed by atoms with Crippen molar-refractivity contribution in [1.29, 1.82) is 0 Å². The Kier molecular flexibility index (Phi) is 6.40. The Bertz CT molecular complexity index is 811. The van der Waals surface area contributed by atoms with Gasteiger partial charge in [-0.3, -0.25) is 4.99 Å². The predicted octanol–water partition coefficient (Wildman–Crippen LogP) is 3.93. The van der Waals surface area contributed by atoms with Crippen molar-refractivity contribution in [2.45, 2.75) is 57.2 Å². The van der Waals surface area contributed by atoms with Gasteiger partial charge in [-0.1, -0.05) is 49.2 Å². The number of nitrogens with zero attached hydrogens (tertiary/aromatic N) is 1. The molecule has 1 fully saturated rings. The number of benzene rings is 2. The molecule has 1 aliphatic heterocycles. The van der Waals surface area contributed by atoms with Gasteiger partial charge in [0.2, 0.25) is 0 Å². The Morgan fingerprint density at radius 3 is 2.82 bits per heavy atom. The molecule has 3 N–H and O–H groups in total. The van der Waals surface area contributed by atoms with Crippen molar-refractivity contribution in [3.8, 4) is 0 Å². The second-order valence-corrected chi connectivity index (χ2v) is 8.04. The summed E-state index contributed by atoms with van der Waals surface area (Å²) < 4.78 is 0. The third-order valence-electron chi connectivity index (χ3n) is 5.86. The number of rotatable bonds is 8. The minimum absolute atomic E-state index is 0.454. The monoisotopic (exact) mass is 377 g/mol. The highest BCUT2D eigenvalue weighted by molar-refractivity contribution is 6.02. The summed E-state index contributed by atoms with van der Waals surface area (Å²) in [5, 5.41) is 17.6. The van der Waals surface area contributed by atoms with Crippen LogP contribution < -0.4 is 10.6 Å². The molecule has 2 aromatic rings. The van der Waals surface area contributed by atoms with Crippen molar-refractivity contribution in [1.82, 2.24) is 5.32 Å². The highest BCUT2D eigenvalue weighted by Gasteiger charge is 2.17. The zero-order chi connectivity index (χ0) is 19.2. The van der Waals surface area contributed by atoms with Gasteiger partial charge in [0, 0.05) is 43.5 Å². The smallest absolute Gasteiger partial charge is 0.0767 e. The van der Waals surface area contributed by atoms with Crippen molar-refractivity contribution in [3.63, 3.8) is 0 Å². The van der Waals surface area contributed by atoms with Crippen molar-refractivity contribution >= 4 is 11.4 Å². The fraction of sp³-hybridized carbons (Fsp3) is 0.458. The summed E-state index contributed by atoms with van der Waals surface area (Å²) in [7, 11) is 0. The molecule has 2 aliphatic rings. The maximum Gasteiger partial charge on any atom is 0.0767 e. The summed E-state index contributed by atoms with van der Waals surface area (Å²) in [6.45, 7) is 2.26. The second-order valence-electron chi connectivity index (χ2n) is 8.04. The van der Waals surface area contributed by atoms with Crippen LogP contribution in [0.1, 0.15) is 48.8 Å². The largest absolute Gasteiger partial charge is 0.391 e. The summed E-state index contributed by atoms with van der Waals surface area (Å²) >= 11 is 0. The number of aliphatic hydroxyl groups is 1. The fourth-order valence-corrected chi connectivity index (χ4v) is 4.31. The van der Waals surface area contributed by atoms with E-state index in [0.29, 0.717) is 19.0 Å². The Balaban J connectivity index is 1.28. The van der Waals surface area contributed by atoms with E-state index in [0.717, 1.165) is 30.9 Å². The third-order valence-corrected chi connectivity index (χ3v) is 5.86. The van der Waals surface area contributed by atoms with Gasteiger partial charge in [-0.25, -0.2) is 0 Å². The van der Waals surface area contributed by atoms with Crippen LogP contribution in [0.3, 0.4) is 0 Å². The van der Waals surface area contributed by atoms with Gasteiger partial charge in [0.15, 0.2) is 0 Å². The van der Waals surface area contributed by atoms with E-state index in [9.17, 15) is 5.11 Å². The van der Waals surface area contributed by atoms with Gasteiger partial charge in [0.25, 0.3) is 0 Å². The molecule has 0 bridgehead atoms. The average Bonchev–Trinajstić information content (AvgIpc) is 3.25. The first-order valence-corrected chi connectivity index (χ1v) is 10.6. The quantitative estimate of drug-likeness (QED) is 0.653. The molecule has 4 rings (SSSR count). The lowest BCUT2D eigenvalue weighted by Crippen LogP contribution is -2.26. The summed E-state index contributed by atoms with van der Waals surface area (Å²) in [6.07, 6.45) is 6.45. The molecule has 1 heterocycles. The van der Waals surface area contributed by atoms with Gasteiger partial charge in [-0.15, -0.1) is 0 Å². The molecule has 0 aromatic heterocycles. The summed E-state index contributed by atoms with van der Waals surface area (Å²) in [4.78, 5) is 4.66. The maximum atomic E-state index is 10.5. The van der Waals surface area contributed by atoms with Gasteiger partial charge >= 0.3 is 0 Å². The number of fused-ring (bicyclic) bond motifs is 1. The molecule has 148 valence electrons. The van der Waals surface area contributed by atoms with Gasteiger partial charge in [0.1, 0.15) is 0 Å². The van der Waals surface area contributed by atoms with Gasteiger partial charge in [0.05, 0.1) is 6.10 Å². The van der Waals surface area contributed by atoms with E-state index in [1.54, 1.807) is 0 Å².